The smallest absolute Gasteiger partial charge is 0.341 e. The van der Waals surface area contributed by atoms with E-state index in [1.807, 2.05) is 13.0 Å². The summed E-state index contributed by atoms with van der Waals surface area (Å²) in [5, 5.41) is 4.19. The van der Waals surface area contributed by atoms with Crippen LogP contribution >= 0.6 is 0 Å². The molecule has 0 unspecified atom stereocenters. The van der Waals surface area contributed by atoms with Crippen molar-refractivity contribution in [3.05, 3.63) is 35.8 Å². The third-order valence-corrected chi connectivity index (χ3v) is 2.23. The standard InChI is InChI=1S/C11H12N4O2/c1-7-3-4-15(14-7)10-9(11(16)17-2)5-8(12)6-13-10/h3-6H,12H2,1-2H3. The minimum Gasteiger partial charge on any atom is -0.465 e. The van der Waals surface area contributed by atoms with Crippen LogP contribution in [0, 0.1) is 6.92 Å². The molecule has 0 radical (unpaired) electrons. The number of carbonyl (C=O) groups excluding carboxylic acids is 1. The number of anilines is 1. The van der Waals surface area contributed by atoms with Crippen LogP contribution in [0.5, 0.6) is 0 Å². The van der Waals surface area contributed by atoms with Crippen molar-refractivity contribution >= 4 is 11.7 Å². The molecule has 0 saturated carbocycles. The van der Waals surface area contributed by atoms with Crippen LogP contribution in [0.4, 0.5) is 5.69 Å². The predicted octanol–water partition coefficient (Wildman–Crippen LogP) is 0.945. The topological polar surface area (TPSA) is 83.0 Å². The molecule has 0 bridgehead atoms. The Labute approximate surface area is 98.0 Å². The van der Waals surface area contributed by atoms with Crippen LogP contribution in [0.2, 0.25) is 0 Å². The molecule has 0 atom stereocenters. The minimum absolute atomic E-state index is 0.288. The monoisotopic (exact) mass is 232 g/mol. The molecule has 0 aliphatic rings. The quantitative estimate of drug-likeness (QED) is 0.779. The van der Waals surface area contributed by atoms with Crippen molar-refractivity contribution in [2.75, 3.05) is 12.8 Å². The zero-order valence-electron chi connectivity index (χ0n) is 9.54. The van der Waals surface area contributed by atoms with E-state index in [4.69, 9.17) is 5.73 Å². The van der Waals surface area contributed by atoms with Gasteiger partial charge in [0, 0.05) is 6.20 Å². The van der Waals surface area contributed by atoms with Crippen LogP contribution in [0.1, 0.15) is 16.1 Å². The van der Waals surface area contributed by atoms with Gasteiger partial charge < -0.3 is 10.5 Å². The summed E-state index contributed by atoms with van der Waals surface area (Å²) < 4.78 is 6.20. The first-order valence-corrected chi connectivity index (χ1v) is 4.98. The van der Waals surface area contributed by atoms with Gasteiger partial charge in [0.25, 0.3) is 0 Å². The van der Waals surface area contributed by atoms with Gasteiger partial charge in [0.1, 0.15) is 5.56 Å². The molecule has 0 aromatic carbocycles. The summed E-state index contributed by atoms with van der Waals surface area (Å²) in [6, 6.07) is 3.34. The summed E-state index contributed by atoms with van der Waals surface area (Å²) in [6.45, 7) is 1.85. The van der Waals surface area contributed by atoms with Gasteiger partial charge in [-0.05, 0) is 19.1 Å². The molecule has 2 aromatic heterocycles. The van der Waals surface area contributed by atoms with Crippen LogP contribution < -0.4 is 5.73 Å². The lowest BCUT2D eigenvalue weighted by Crippen LogP contribution is -2.11. The number of nitrogens with two attached hydrogens (primary N) is 1. The summed E-state index contributed by atoms with van der Waals surface area (Å²) >= 11 is 0. The molecule has 0 amide bonds. The minimum atomic E-state index is -0.493. The van der Waals surface area contributed by atoms with E-state index in [-0.39, 0.29) is 5.56 Å². The Morgan fingerprint density at radius 2 is 2.29 bits per heavy atom. The number of nitrogen functional groups attached to an aromatic ring is 1. The fraction of sp³-hybridized carbons (Fsp3) is 0.182. The zero-order chi connectivity index (χ0) is 12.4. The van der Waals surface area contributed by atoms with Crippen molar-refractivity contribution in [2.45, 2.75) is 6.92 Å². The van der Waals surface area contributed by atoms with Crippen LogP contribution in [-0.4, -0.2) is 27.8 Å². The maximum absolute atomic E-state index is 11.6. The van der Waals surface area contributed by atoms with Gasteiger partial charge in [-0.3, -0.25) is 0 Å². The summed E-state index contributed by atoms with van der Waals surface area (Å²) in [7, 11) is 1.31. The molecule has 0 saturated heterocycles. The number of hydrogen-bond acceptors (Lipinski definition) is 5. The third kappa shape index (κ3) is 2.10. The van der Waals surface area contributed by atoms with Crippen molar-refractivity contribution in [2.24, 2.45) is 0 Å². The lowest BCUT2D eigenvalue weighted by molar-refractivity contribution is 0.0600. The van der Waals surface area contributed by atoms with E-state index in [1.54, 1.807) is 6.20 Å². The SMILES string of the molecule is COC(=O)c1cc(N)cnc1-n1ccc(C)n1. The predicted molar refractivity (Wildman–Crippen MR) is 61.8 cm³/mol. The molecule has 88 valence electrons. The molecule has 2 heterocycles. The van der Waals surface area contributed by atoms with E-state index < -0.39 is 5.97 Å². The van der Waals surface area contributed by atoms with Gasteiger partial charge in [0.15, 0.2) is 5.82 Å². The van der Waals surface area contributed by atoms with Crippen LogP contribution in [0.15, 0.2) is 24.5 Å². The maximum Gasteiger partial charge on any atom is 0.341 e. The number of esters is 1. The number of aromatic nitrogens is 3. The van der Waals surface area contributed by atoms with Crippen LogP contribution in [-0.2, 0) is 4.74 Å². The summed E-state index contributed by atoms with van der Waals surface area (Å²) in [4.78, 5) is 15.7. The van der Waals surface area contributed by atoms with Crippen molar-refractivity contribution in [3.8, 4) is 5.82 Å². The Hall–Kier alpha value is -2.37. The Kier molecular flexibility index (Phi) is 2.78. The van der Waals surface area contributed by atoms with E-state index >= 15 is 0 Å². The molecule has 6 nitrogen and oxygen atoms in total. The largest absolute Gasteiger partial charge is 0.465 e. The van der Waals surface area contributed by atoms with Crippen molar-refractivity contribution in [3.63, 3.8) is 0 Å². The fourth-order valence-corrected chi connectivity index (χ4v) is 1.45. The van der Waals surface area contributed by atoms with Gasteiger partial charge in [-0.15, -0.1) is 0 Å². The number of methoxy groups -OCH3 is 1. The normalized spacial score (nSPS) is 10.2. The first-order chi connectivity index (χ1) is 8.11. The van der Waals surface area contributed by atoms with Gasteiger partial charge >= 0.3 is 5.97 Å². The number of pyridine rings is 1. The summed E-state index contributed by atoms with van der Waals surface area (Å²) in [6.07, 6.45) is 3.19. The second kappa shape index (κ2) is 4.25. The molecule has 0 aliphatic carbocycles. The Morgan fingerprint density at radius 1 is 1.53 bits per heavy atom. The second-order valence-electron chi connectivity index (χ2n) is 3.53. The highest BCUT2D eigenvalue weighted by atomic mass is 16.5. The highest BCUT2D eigenvalue weighted by molar-refractivity contribution is 5.93. The molecule has 0 spiro atoms. The van der Waals surface area contributed by atoms with E-state index in [1.165, 1.54) is 24.1 Å². The first kappa shape index (κ1) is 11.1. The van der Waals surface area contributed by atoms with Gasteiger partial charge in [-0.1, -0.05) is 0 Å². The first-order valence-electron chi connectivity index (χ1n) is 4.98. The van der Waals surface area contributed by atoms with Crippen LogP contribution in [0.3, 0.4) is 0 Å². The number of hydrogen-bond donors (Lipinski definition) is 1. The third-order valence-electron chi connectivity index (χ3n) is 2.23. The number of carbonyl (C=O) groups is 1. The molecule has 0 aliphatic heterocycles. The van der Waals surface area contributed by atoms with Gasteiger partial charge in [-0.2, -0.15) is 5.10 Å². The number of rotatable bonds is 2. The van der Waals surface area contributed by atoms with Crippen molar-refractivity contribution in [1.82, 2.24) is 14.8 Å². The van der Waals surface area contributed by atoms with Gasteiger partial charge in [0.2, 0.25) is 0 Å². The second-order valence-corrected chi connectivity index (χ2v) is 3.53. The zero-order valence-corrected chi connectivity index (χ0v) is 9.54. The fourth-order valence-electron chi connectivity index (χ4n) is 1.45. The highest BCUT2D eigenvalue weighted by Crippen LogP contribution is 2.15. The summed E-state index contributed by atoms with van der Waals surface area (Å²) in [5.41, 5.74) is 7.12. The molecular formula is C11H12N4O2. The van der Waals surface area contributed by atoms with Gasteiger partial charge in [-0.25, -0.2) is 14.5 Å². The molecule has 0 fully saturated rings. The Morgan fingerprint density at radius 3 is 2.88 bits per heavy atom. The number of nitrogens with zero attached hydrogens (tertiary/aromatic N) is 3. The highest BCUT2D eigenvalue weighted by Gasteiger charge is 2.15. The molecule has 6 heteroatoms. The summed E-state index contributed by atoms with van der Waals surface area (Å²) in [5.74, 6) is -0.0906. The number of ether oxygens (including phenoxy) is 1. The average molecular weight is 232 g/mol. The van der Waals surface area contributed by atoms with E-state index in [0.717, 1.165) is 5.69 Å². The van der Waals surface area contributed by atoms with Crippen LogP contribution in [0.25, 0.3) is 5.82 Å². The maximum atomic E-state index is 11.6. The molecule has 2 rings (SSSR count). The lowest BCUT2D eigenvalue weighted by Gasteiger charge is -2.07. The number of aryl methyl sites for hydroxylation is 1. The molecule has 17 heavy (non-hydrogen) atoms. The average Bonchev–Trinajstić information content (AvgIpc) is 2.74. The molecule has 2 aromatic rings. The Balaban J connectivity index is 2.57. The van der Waals surface area contributed by atoms with Crippen molar-refractivity contribution in [1.29, 1.82) is 0 Å². The van der Waals surface area contributed by atoms with E-state index in [9.17, 15) is 4.79 Å². The lowest BCUT2D eigenvalue weighted by atomic mass is 10.2. The van der Waals surface area contributed by atoms with E-state index in [0.29, 0.717) is 11.5 Å². The van der Waals surface area contributed by atoms with E-state index in [2.05, 4.69) is 14.8 Å². The van der Waals surface area contributed by atoms with Gasteiger partial charge in [0.05, 0.1) is 24.7 Å². The molecule has 2 N–H and O–H groups in total. The molecular weight excluding hydrogens is 220 g/mol. The Bertz CT molecular complexity index is 562. The van der Waals surface area contributed by atoms with Crippen molar-refractivity contribution < 1.29 is 9.53 Å².